The molecule has 0 aromatic heterocycles. The van der Waals surface area contributed by atoms with Crippen LogP contribution in [0.25, 0.3) is 0 Å². The molecule has 0 spiro atoms. The topological polar surface area (TPSA) is 410 Å². The Morgan fingerprint density at radius 3 is 1.76 bits per heavy atom. The Bertz CT molecular complexity index is 1510. The molecule has 58 heavy (non-hydrogen) atoms. The first-order valence-electron chi connectivity index (χ1n) is 18.6. The van der Waals surface area contributed by atoms with E-state index >= 15 is 0 Å². The zero-order valence-electron chi connectivity index (χ0n) is 32.6. The van der Waals surface area contributed by atoms with Crippen LogP contribution in [0.15, 0.2) is 9.98 Å². The van der Waals surface area contributed by atoms with Crippen LogP contribution in [0.2, 0.25) is 0 Å². The van der Waals surface area contributed by atoms with E-state index in [0.29, 0.717) is 12.8 Å². The van der Waals surface area contributed by atoms with Crippen molar-refractivity contribution in [2.75, 3.05) is 13.2 Å². The predicted molar refractivity (Wildman–Crippen MR) is 204 cm³/mol. The number of hydrogen-bond donors (Lipinski definition) is 13. The van der Waals surface area contributed by atoms with Crippen LogP contribution in [-0.4, -0.2) is 154 Å². The number of nitrogens with zero attached hydrogens (tertiary/aromatic N) is 2. The van der Waals surface area contributed by atoms with E-state index in [9.17, 15) is 58.5 Å². The molecule has 1 unspecified atom stereocenters. The minimum Gasteiger partial charge on any atom is -0.481 e. The SMILES string of the molecule is CC[C@H](C)[C@H](NC(=O)[C@H](CCC(=O)O)NC(=O)[C@H](CO)NC(=O)[C@H](CCCCN)NC(=O)[C@H](CC1C=NC=N1)NC(=O)[C@@H](NC(=O)[C@@H](N)CC(=O)O)[C@@H](C)O)C(N)=O. The monoisotopic (exact) mass is 827 g/mol. The third kappa shape index (κ3) is 17.7. The smallest absolute Gasteiger partial charge is 0.305 e. The fraction of sp³-hybridized carbons (Fsp3) is 0.676. The number of unbranched alkanes of at least 4 members (excludes halogenated alkanes) is 1. The molecule has 16 N–H and O–H groups in total. The maximum atomic E-state index is 13.8. The lowest BCUT2D eigenvalue weighted by molar-refractivity contribution is -0.140. The van der Waals surface area contributed by atoms with Gasteiger partial charge in [-0.2, -0.15) is 0 Å². The number of carboxylic acids is 2. The summed E-state index contributed by atoms with van der Waals surface area (Å²) in [6, 6.07) is -11.4. The maximum absolute atomic E-state index is 13.8. The largest absolute Gasteiger partial charge is 0.481 e. The van der Waals surface area contributed by atoms with E-state index in [2.05, 4.69) is 41.9 Å². The van der Waals surface area contributed by atoms with Crippen LogP contribution in [0, 0.1) is 5.92 Å². The number of amides is 7. The summed E-state index contributed by atoms with van der Waals surface area (Å²) in [5, 5.41) is 52.6. The fourth-order valence-corrected chi connectivity index (χ4v) is 5.40. The summed E-state index contributed by atoms with van der Waals surface area (Å²) in [5.41, 5.74) is 16.6. The van der Waals surface area contributed by atoms with Crippen molar-refractivity contribution >= 4 is 65.8 Å². The van der Waals surface area contributed by atoms with Gasteiger partial charge in [-0.1, -0.05) is 20.3 Å². The third-order valence-electron chi connectivity index (χ3n) is 8.98. The van der Waals surface area contributed by atoms with Crippen molar-refractivity contribution in [3.05, 3.63) is 0 Å². The molecule has 24 heteroatoms. The number of aliphatic carboxylic acids is 2. The standard InChI is InChI=1S/C34H57N11O13/c1-4-16(2)26(28(37)52)44-31(55)21(8-9-24(48)49)41-33(57)23(14-46)43-30(54)20(7-5-6-10-35)40-32(56)22(11-18-13-38-15-39-18)42-34(58)27(17(3)47)45-29(53)19(36)12-25(50)51/h13,15-23,26-27,46-47H,4-12,14,35-36H2,1-3H3,(H2,37,52)(H,40,56)(H,41,57)(H,42,58)(H,43,54)(H,44,55)(H,45,53)(H,48,49)(H,50,51)/t16-,17+,18?,19-,20-,21-,22-,23-,26-,27-/m0/s1. The average Bonchev–Trinajstić information content (AvgIpc) is 3.67. The molecule has 1 aliphatic rings. The van der Waals surface area contributed by atoms with Gasteiger partial charge in [0.15, 0.2) is 0 Å². The number of carboxylic acid groups (broad SMARTS) is 2. The number of carbonyl (C=O) groups excluding carboxylic acids is 7. The molecule has 1 rings (SSSR count). The fourth-order valence-electron chi connectivity index (χ4n) is 5.40. The van der Waals surface area contributed by atoms with Crippen molar-refractivity contribution in [3.63, 3.8) is 0 Å². The summed E-state index contributed by atoms with van der Waals surface area (Å²) in [6.45, 7) is 3.71. The molecule has 1 heterocycles. The molecule has 0 aliphatic carbocycles. The summed E-state index contributed by atoms with van der Waals surface area (Å²) in [6.07, 6.45) is -0.0324. The van der Waals surface area contributed by atoms with Gasteiger partial charge in [-0.25, -0.2) is 4.99 Å². The quantitative estimate of drug-likeness (QED) is 0.0327. The number of aliphatic imine (C=N–C) groups is 2. The van der Waals surface area contributed by atoms with Gasteiger partial charge in [-0.3, -0.25) is 48.1 Å². The second kappa shape index (κ2) is 25.6. The number of nitrogens with two attached hydrogens (primary N) is 3. The van der Waals surface area contributed by atoms with Crippen molar-refractivity contribution in [2.24, 2.45) is 33.1 Å². The lowest BCUT2D eigenvalue weighted by atomic mass is 9.98. The normalized spacial score (nSPS) is 17.8. The highest BCUT2D eigenvalue weighted by molar-refractivity contribution is 5.98. The summed E-state index contributed by atoms with van der Waals surface area (Å²) in [5.74, 6) is -10.2. The van der Waals surface area contributed by atoms with E-state index in [1.54, 1.807) is 13.8 Å². The minimum atomic E-state index is -1.74. The summed E-state index contributed by atoms with van der Waals surface area (Å²) in [4.78, 5) is 122. The highest BCUT2D eigenvalue weighted by Gasteiger charge is 2.36. The Balaban J connectivity index is 3.31. The Labute approximate surface area is 334 Å². The molecule has 24 nitrogen and oxygen atoms in total. The van der Waals surface area contributed by atoms with Gasteiger partial charge in [-0.15, -0.1) is 0 Å². The van der Waals surface area contributed by atoms with E-state index in [0.717, 1.165) is 6.92 Å². The van der Waals surface area contributed by atoms with Crippen molar-refractivity contribution < 1.29 is 63.6 Å². The minimum absolute atomic E-state index is 0.0696. The van der Waals surface area contributed by atoms with Gasteiger partial charge >= 0.3 is 11.9 Å². The predicted octanol–water partition coefficient (Wildman–Crippen LogP) is -5.53. The van der Waals surface area contributed by atoms with Crippen LogP contribution in [0.4, 0.5) is 0 Å². The van der Waals surface area contributed by atoms with Gasteiger partial charge in [0.25, 0.3) is 0 Å². The van der Waals surface area contributed by atoms with Crippen molar-refractivity contribution in [1.82, 2.24) is 31.9 Å². The van der Waals surface area contributed by atoms with Crippen LogP contribution in [0.5, 0.6) is 0 Å². The Hall–Kier alpha value is -5.59. The molecule has 0 aromatic rings. The van der Waals surface area contributed by atoms with E-state index < -0.39 is 140 Å². The summed E-state index contributed by atoms with van der Waals surface area (Å²) in [7, 11) is 0. The Morgan fingerprint density at radius 2 is 1.26 bits per heavy atom. The number of rotatable bonds is 28. The van der Waals surface area contributed by atoms with Crippen molar-refractivity contribution in [3.8, 4) is 0 Å². The molecule has 0 saturated heterocycles. The number of aliphatic hydroxyl groups excluding tert-OH is 2. The zero-order chi connectivity index (χ0) is 44.1. The lowest BCUT2D eigenvalue weighted by Gasteiger charge is -2.28. The van der Waals surface area contributed by atoms with E-state index in [4.69, 9.17) is 22.3 Å². The number of nitrogens with one attached hydrogen (secondary N) is 6. The average molecular weight is 828 g/mol. The van der Waals surface area contributed by atoms with Gasteiger partial charge in [0.2, 0.25) is 41.4 Å². The second-order valence-electron chi connectivity index (χ2n) is 13.7. The molecule has 326 valence electrons. The molecule has 10 atom stereocenters. The van der Waals surface area contributed by atoms with Gasteiger partial charge in [0.05, 0.1) is 31.2 Å². The lowest BCUT2D eigenvalue weighted by Crippen LogP contribution is -2.61. The van der Waals surface area contributed by atoms with Crippen LogP contribution < -0.4 is 49.1 Å². The molecule has 1 aliphatic heterocycles. The van der Waals surface area contributed by atoms with Gasteiger partial charge in [-0.05, 0) is 45.1 Å². The first kappa shape index (κ1) is 50.4. The van der Waals surface area contributed by atoms with Crippen molar-refractivity contribution in [2.45, 2.75) is 127 Å². The third-order valence-corrected chi connectivity index (χ3v) is 8.98. The van der Waals surface area contributed by atoms with E-state index in [1.165, 1.54) is 12.6 Å². The Kier molecular flexibility index (Phi) is 22.3. The first-order chi connectivity index (χ1) is 27.2. The zero-order valence-corrected chi connectivity index (χ0v) is 32.6. The van der Waals surface area contributed by atoms with E-state index in [1.807, 2.05) is 0 Å². The summed E-state index contributed by atoms with van der Waals surface area (Å²) >= 11 is 0. The molecule has 0 fully saturated rings. The molecule has 7 amide bonds. The summed E-state index contributed by atoms with van der Waals surface area (Å²) < 4.78 is 0. The molecule has 0 bridgehead atoms. The second-order valence-corrected chi connectivity index (χ2v) is 13.7. The van der Waals surface area contributed by atoms with Gasteiger partial charge in [0, 0.05) is 19.1 Å². The molecule has 0 radical (unpaired) electrons. The van der Waals surface area contributed by atoms with Gasteiger partial charge < -0.3 is 69.5 Å². The highest BCUT2D eigenvalue weighted by atomic mass is 16.4. The molecule has 0 saturated carbocycles. The molecule has 0 aromatic carbocycles. The molecular formula is C34H57N11O13. The maximum Gasteiger partial charge on any atom is 0.305 e. The first-order valence-corrected chi connectivity index (χ1v) is 18.6. The van der Waals surface area contributed by atoms with Crippen LogP contribution in [-0.2, 0) is 43.2 Å². The van der Waals surface area contributed by atoms with Crippen LogP contribution in [0.3, 0.4) is 0 Å². The van der Waals surface area contributed by atoms with Crippen LogP contribution in [0.1, 0.15) is 72.1 Å². The number of aliphatic hydroxyl groups is 2. The number of primary amides is 1. The van der Waals surface area contributed by atoms with Gasteiger partial charge in [0.1, 0.15) is 42.6 Å². The number of hydrogen-bond acceptors (Lipinski definition) is 15. The van der Waals surface area contributed by atoms with E-state index in [-0.39, 0.29) is 25.8 Å². The Morgan fingerprint density at radius 1 is 0.724 bits per heavy atom. The van der Waals surface area contributed by atoms with Crippen molar-refractivity contribution in [1.29, 1.82) is 0 Å². The highest BCUT2D eigenvalue weighted by Crippen LogP contribution is 2.11. The number of carbonyl (C=O) groups is 9. The van der Waals surface area contributed by atoms with Crippen LogP contribution >= 0.6 is 0 Å². The molecular weight excluding hydrogens is 770 g/mol.